The zero-order valence-electron chi connectivity index (χ0n) is 14.1. The van der Waals surface area contributed by atoms with Gasteiger partial charge in [0.05, 0.1) is 15.9 Å². The van der Waals surface area contributed by atoms with Gasteiger partial charge in [-0.05, 0) is 6.92 Å². The van der Waals surface area contributed by atoms with E-state index in [4.69, 9.17) is 14.0 Å². The van der Waals surface area contributed by atoms with Crippen molar-refractivity contribution in [2.45, 2.75) is 26.7 Å². The van der Waals surface area contributed by atoms with Gasteiger partial charge in [-0.2, -0.15) is 0 Å². The number of aromatic nitrogens is 2. The lowest BCUT2D eigenvalue weighted by atomic mass is 10.0. The Morgan fingerprint density at radius 1 is 1.24 bits per heavy atom. The highest BCUT2D eigenvalue weighted by atomic mass is 32.1. The summed E-state index contributed by atoms with van der Waals surface area (Å²) in [5.74, 6) is 1.77. The minimum atomic E-state index is -0.265. The lowest BCUT2D eigenvalue weighted by Crippen LogP contribution is -2.15. The van der Waals surface area contributed by atoms with E-state index in [2.05, 4.69) is 15.5 Å². The molecule has 4 rings (SSSR count). The van der Waals surface area contributed by atoms with E-state index < -0.39 is 0 Å². The predicted octanol–water partition coefficient (Wildman–Crippen LogP) is 3.74. The van der Waals surface area contributed by atoms with Gasteiger partial charge in [0, 0.05) is 18.1 Å². The molecule has 0 unspecified atom stereocenters. The van der Waals surface area contributed by atoms with Crippen LogP contribution in [0, 0.1) is 6.92 Å². The number of ether oxygens (including phenoxy) is 2. The smallest absolute Gasteiger partial charge is 0.262 e. The molecule has 0 aliphatic carbocycles. The van der Waals surface area contributed by atoms with Crippen LogP contribution >= 0.6 is 11.3 Å². The van der Waals surface area contributed by atoms with Crippen molar-refractivity contribution < 1.29 is 18.8 Å². The van der Waals surface area contributed by atoms with Gasteiger partial charge in [0.15, 0.2) is 22.4 Å². The van der Waals surface area contributed by atoms with E-state index in [0.717, 1.165) is 10.2 Å². The highest BCUT2D eigenvalue weighted by Crippen LogP contribution is 2.38. The number of thiazole rings is 1. The number of carbonyl (C=O) groups is 1. The van der Waals surface area contributed by atoms with Crippen molar-refractivity contribution in [3.8, 4) is 11.5 Å². The Morgan fingerprint density at radius 3 is 2.68 bits per heavy atom. The van der Waals surface area contributed by atoms with E-state index in [0.29, 0.717) is 46.9 Å². The number of benzene rings is 1. The van der Waals surface area contributed by atoms with Crippen molar-refractivity contribution in [2.24, 2.45) is 0 Å². The fraction of sp³-hybridized carbons (Fsp3) is 0.353. The van der Waals surface area contributed by atoms with Crippen LogP contribution in [-0.2, 0) is 0 Å². The minimum Gasteiger partial charge on any atom is -0.486 e. The van der Waals surface area contributed by atoms with Gasteiger partial charge >= 0.3 is 0 Å². The Morgan fingerprint density at radius 2 is 1.96 bits per heavy atom. The molecule has 2 aromatic heterocycles. The van der Waals surface area contributed by atoms with E-state index >= 15 is 0 Å². The summed E-state index contributed by atoms with van der Waals surface area (Å²) >= 11 is 1.39. The van der Waals surface area contributed by atoms with Crippen molar-refractivity contribution in [1.29, 1.82) is 0 Å². The van der Waals surface area contributed by atoms with E-state index in [-0.39, 0.29) is 11.8 Å². The van der Waals surface area contributed by atoms with Crippen LogP contribution in [0.5, 0.6) is 11.5 Å². The van der Waals surface area contributed by atoms with Crippen molar-refractivity contribution in [1.82, 2.24) is 10.1 Å². The van der Waals surface area contributed by atoms with Gasteiger partial charge in [0.1, 0.15) is 18.8 Å². The zero-order valence-corrected chi connectivity index (χ0v) is 14.9. The van der Waals surface area contributed by atoms with E-state index in [1.807, 2.05) is 26.0 Å². The Kier molecular flexibility index (Phi) is 3.84. The predicted molar refractivity (Wildman–Crippen MR) is 93.9 cm³/mol. The standard InChI is InChI=1S/C17H17N3O4S/c1-8(2)15-14(9(3)20-24-15)16(21)19-17-18-10-6-11-12(7-13(10)25-17)23-5-4-22-11/h6-8H,4-5H2,1-3H3,(H,18,19,21). The highest BCUT2D eigenvalue weighted by molar-refractivity contribution is 7.22. The molecule has 1 aromatic carbocycles. The van der Waals surface area contributed by atoms with Crippen LogP contribution in [0.3, 0.4) is 0 Å². The molecule has 1 aliphatic rings. The molecular formula is C17H17N3O4S. The molecule has 0 saturated carbocycles. The summed E-state index contributed by atoms with van der Waals surface area (Å²) in [6.45, 7) is 6.73. The number of amides is 1. The average Bonchev–Trinajstić information content (AvgIpc) is 3.14. The Balaban J connectivity index is 1.65. The lowest BCUT2D eigenvalue weighted by molar-refractivity contribution is 0.102. The first-order valence-electron chi connectivity index (χ1n) is 8.00. The molecular weight excluding hydrogens is 342 g/mol. The van der Waals surface area contributed by atoms with Gasteiger partial charge < -0.3 is 14.0 Å². The van der Waals surface area contributed by atoms with Gasteiger partial charge in [-0.15, -0.1) is 0 Å². The molecule has 7 nitrogen and oxygen atoms in total. The number of fused-ring (bicyclic) bond motifs is 2. The third-order valence-electron chi connectivity index (χ3n) is 3.91. The Bertz CT molecular complexity index is 917. The second-order valence-corrected chi connectivity index (χ2v) is 7.13. The normalized spacial score (nSPS) is 13.4. The van der Waals surface area contributed by atoms with Crippen LogP contribution in [0.1, 0.15) is 41.6 Å². The molecule has 0 fully saturated rings. The summed E-state index contributed by atoms with van der Waals surface area (Å²) in [4.78, 5) is 17.1. The maximum absolute atomic E-state index is 12.7. The molecule has 3 aromatic rings. The van der Waals surface area contributed by atoms with Crippen molar-refractivity contribution in [3.05, 3.63) is 29.2 Å². The van der Waals surface area contributed by atoms with Gasteiger partial charge in [-0.1, -0.05) is 30.3 Å². The number of carbonyl (C=O) groups excluding carboxylic acids is 1. The van der Waals surface area contributed by atoms with Crippen LogP contribution in [-0.4, -0.2) is 29.3 Å². The summed E-state index contributed by atoms with van der Waals surface area (Å²) in [6.07, 6.45) is 0. The molecule has 1 N–H and O–H groups in total. The summed E-state index contributed by atoms with van der Waals surface area (Å²) in [6, 6.07) is 3.72. The number of rotatable bonds is 3. The SMILES string of the molecule is Cc1noc(C(C)C)c1C(=O)Nc1nc2cc3c(cc2s1)OCCO3. The molecule has 0 saturated heterocycles. The molecule has 3 heterocycles. The first-order chi connectivity index (χ1) is 12.0. The van der Waals surface area contributed by atoms with E-state index in [9.17, 15) is 4.79 Å². The topological polar surface area (TPSA) is 86.5 Å². The molecule has 8 heteroatoms. The molecule has 0 bridgehead atoms. The summed E-state index contributed by atoms with van der Waals surface area (Å²) in [7, 11) is 0. The molecule has 25 heavy (non-hydrogen) atoms. The summed E-state index contributed by atoms with van der Waals surface area (Å²) < 4.78 is 17.4. The van der Waals surface area contributed by atoms with Crippen LogP contribution < -0.4 is 14.8 Å². The van der Waals surface area contributed by atoms with Crippen molar-refractivity contribution >= 4 is 32.6 Å². The van der Waals surface area contributed by atoms with Crippen molar-refractivity contribution in [3.63, 3.8) is 0 Å². The molecule has 0 atom stereocenters. The highest BCUT2D eigenvalue weighted by Gasteiger charge is 2.24. The first kappa shape index (κ1) is 15.9. The van der Waals surface area contributed by atoms with Crippen molar-refractivity contribution in [2.75, 3.05) is 18.5 Å². The lowest BCUT2D eigenvalue weighted by Gasteiger charge is -2.17. The molecule has 0 radical (unpaired) electrons. The van der Waals surface area contributed by atoms with E-state index in [1.54, 1.807) is 6.92 Å². The quantitative estimate of drug-likeness (QED) is 0.767. The minimum absolute atomic E-state index is 0.0679. The number of hydrogen-bond acceptors (Lipinski definition) is 7. The zero-order chi connectivity index (χ0) is 17.6. The fourth-order valence-electron chi connectivity index (χ4n) is 2.74. The number of hydrogen-bond donors (Lipinski definition) is 1. The monoisotopic (exact) mass is 359 g/mol. The third-order valence-corrected chi connectivity index (χ3v) is 4.85. The first-order valence-corrected chi connectivity index (χ1v) is 8.82. The summed E-state index contributed by atoms with van der Waals surface area (Å²) in [5.41, 5.74) is 1.80. The second kappa shape index (κ2) is 6.03. The molecule has 1 aliphatic heterocycles. The average molecular weight is 359 g/mol. The Labute approximate surface area is 147 Å². The van der Waals surface area contributed by atoms with Gasteiger partial charge in [0.2, 0.25) is 0 Å². The number of aryl methyl sites for hydroxylation is 1. The summed E-state index contributed by atoms with van der Waals surface area (Å²) in [5, 5.41) is 7.27. The van der Waals surface area contributed by atoms with Crippen LogP contribution in [0.2, 0.25) is 0 Å². The van der Waals surface area contributed by atoms with E-state index in [1.165, 1.54) is 11.3 Å². The largest absolute Gasteiger partial charge is 0.486 e. The molecule has 130 valence electrons. The van der Waals surface area contributed by atoms with Gasteiger partial charge in [-0.3, -0.25) is 10.1 Å². The van der Waals surface area contributed by atoms with Crippen LogP contribution in [0.15, 0.2) is 16.7 Å². The third kappa shape index (κ3) is 2.82. The van der Waals surface area contributed by atoms with Gasteiger partial charge in [-0.25, -0.2) is 4.98 Å². The number of nitrogens with zero attached hydrogens (tertiary/aromatic N) is 2. The fourth-order valence-corrected chi connectivity index (χ4v) is 3.61. The maximum atomic E-state index is 12.7. The van der Waals surface area contributed by atoms with Gasteiger partial charge in [0.25, 0.3) is 5.91 Å². The number of nitrogens with one attached hydrogen (secondary N) is 1. The number of anilines is 1. The Hall–Kier alpha value is -2.61. The van der Waals surface area contributed by atoms with Crippen LogP contribution in [0.4, 0.5) is 5.13 Å². The van der Waals surface area contributed by atoms with Crippen LogP contribution in [0.25, 0.3) is 10.2 Å². The molecule has 1 amide bonds. The second-order valence-electron chi connectivity index (χ2n) is 6.10. The maximum Gasteiger partial charge on any atom is 0.262 e. The molecule has 0 spiro atoms.